The van der Waals surface area contributed by atoms with Crippen LogP contribution in [0, 0.1) is 0 Å². The Bertz CT molecular complexity index is 1490. The smallest absolute Gasteiger partial charge is 0.271 e. The number of benzene rings is 5. The fourth-order valence-corrected chi connectivity index (χ4v) is 4.77. The minimum absolute atomic E-state index is 0.223. The Morgan fingerprint density at radius 3 is 2.03 bits per heavy atom. The third-order valence-corrected chi connectivity index (χ3v) is 6.49. The van der Waals surface area contributed by atoms with Crippen LogP contribution in [-0.2, 0) is 13.1 Å². The van der Waals surface area contributed by atoms with E-state index >= 15 is 0 Å². The molecule has 0 radical (unpaired) electrons. The van der Waals surface area contributed by atoms with Crippen LogP contribution in [0.3, 0.4) is 0 Å². The van der Waals surface area contributed by atoms with Crippen molar-refractivity contribution in [1.82, 2.24) is 5.43 Å². The van der Waals surface area contributed by atoms with Crippen molar-refractivity contribution in [2.75, 3.05) is 4.90 Å². The fourth-order valence-electron chi connectivity index (χ4n) is 4.77. The number of carbonyl (C=O) groups is 1. The SMILES string of the molecule is O=C(N/N=C\c1c2ccccc2cc2ccccc12)c1cccc(N2Cc3ccccc3C2)c1. The molecule has 164 valence electrons. The zero-order valence-corrected chi connectivity index (χ0v) is 18.6. The van der Waals surface area contributed by atoms with Crippen molar-refractivity contribution in [3.05, 3.63) is 125 Å². The molecule has 0 aliphatic carbocycles. The van der Waals surface area contributed by atoms with E-state index in [1.807, 2.05) is 48.5 Å². The highest BCUT2D eigenvalue weighted by Crippen LogP contribution is 2.29. The van der Waals surface area contributed by atoms with Gasteiger partial charge in [0, 0.05) is 29.9 Å². The Kier molecular flexibility index (Phi) is 5.04. The van der Waals surface area contributed by atoms with Gasteiger partial charge < -0.3 is 4.90 Å². The predicted molar refractivity (Wildman–Crippen MR) is 139 cm³/mol. The highest BCUT2D eigenvalue weighted by Gasteiger charge is 2.19. The average molecular weight is 442 g/mol. The molecule has 0 unspecified atom stereocenters. The van der Waals surface area contributed by atoms with Gasteiger partial charge in [-0.3, -0.25) is 4.79 Å². The highest BCUT2D eigenvalue weighted by molar-refractivity contribution is 6.13. The van der Waals surface area contributed by atoms with Crippen molar-refractivity contribution in [1.29, 1.82) is 0 Å². The van der Waals surface area contributed by atoms with E-state index in [1.54, 1.807) is 6.21 Å². The van der Waals surface area contributed by atoms with Crippen LogP contribution in [0.25, 0.3) is 21.5 Å². The van der Waals surface area contributed by atoms with E-state index in [4.69, 9.17) is 0 Å². The summed E-state index contributed by atoms with van der Waals surface area (Å²) < 4.78 is 0. The van der Waals surface area contributed by atoms with Gasteiger partial charge in [-0.1, -0.05) is 78.9 Å². The summed E-state index contributed by atoms with van der Waals surface area (Å²) in [5.74, 6) is -0.223. The summed E-state index contributed by atoms with van der Waals surface area (Å²) >= 11 is 0. The van der Waals surface area contributed by atoms with Crippen molar-refractivity contribution in [2.24, 2.45) is 5.10 Å². The Morgan fingerprint density at radius 1 is 0.735 bits per heavy atom. The molecule has 0 spiro atoms. The first-order valence-electron chi connectivity index (χ1n) is 11.4. The van der Waals surface area contributed by atoms with Crippen LogP contribution in [0.2, 0.25) is 0 Å². The van der Waals surface area contributed by atoms with E-state index in [-0.39, 0.29) is 5.91 Å². The van der Waals surface area contributed by atoms with Gasteiger partial charge in [-0.25, -0.2) is 5.43 Å². The molecule has 6 rings (SSSR count). The first-order chi connectivity index (χ1) is 16.8. The lowest BCUT2D eigenvalue weighted by Crippen LogP contribution is -2.19. The van der Waals surface area contributed by atoms with Crippen LogP contribution in [0.1, 0.15) is 27.0 Å². The maximum Gasteiger partial charge on any atom is 0.271 e. The molecule has 0 saturated carbocycles. The molecular formula is C30H23N3O. The number of hydrazone groups is 1. The maximum absolute atomic E-state index is 12.9. The minimum Gasteiger partial charge on any atom is -0.363 e. The number of nitrogens with one attached hydrogen (secondary N) is 1. The van der Waals surface area contributed by atoms with Crippen LogP contribution in [-0.4, -0.2) is 12.1 Å². The first-order valence-corrected chi connectivity index (χ1v) is 11.4. The van der Waals surface area contributed by atoms with Crippen LogP contribution in [0.5, 0.6) is 0 Å². The molecule has 5 aromatic carbocycles. The second-order valence-electron chi connectivity index (χ2n) is 8.61. The number of nitrogens with zero attached hydrogens (tertiary/aromatic N) is 2. The monoisotopic (exact) mass is 441 g/mol. The third-order valence-electron chi connectivity index (χ3n) is 6.49. The Labute approximate surface area is 198 Å². The van der Waals surface area contributed by atoms with Gasteiger partial charge in [0.25, 0.3) is 5.91 Å². The highest BCUT2D eigenvalue weighted by atomic mass is 16.2. The molecule has 0 saturated heterocycles. The van der Waals surface area contributed by atoms with E-state index in [9.17, 15) is 4.79 Å². The fraction of sp³-hybridized carbons (Fsp3) is 0.0667. The molecule has 4 nitrogen and oxygen atoms in total. The number of hydrogen-bond donors (Lipinski definition) is 1. The van der Waals surface area contributed by atoms with Gasteiger partial charge in [0.15, 0.2) is 0 Å². The lowest BCUT2D eigenvalue weighted by atomic mass is 9.97. The normalized spacial score (nSPS) is 13.0. The molecular weight excluding hydrogens is 418 g/mol. The third kappa shape index (κ3) is 3.69. The summed E-state index contributed by atoms with van der Waals surface area (Å²) in [4.78, 5) is 15.2. The van der Waals surface area contributed by atoms with Gasteiger partial charge in [-0.2, -0.15) is 5.10 Å². The van der Waals surface area contributed by atoms with Crippen molar-refractivity contribution in [3.8, 4) is 0 Å². The van der Waals surface area contributed by atoms with E-state index < -0.39 is 0 Å². The Morgan fingerprint density at radius 2 is 1.35 bits per heavy atom. The molecule has 0 fully saturated rings. The van der Waals surface area contributed by atoms with Crippen LogP contribution >= 0.6 is 0 Å². The average Bonchev–Trinajstić information content (AvgIpc) is 3.33. The zero-order valence-electron chi connectivity index (χ0n) is 18.6. The topological polar surface area (TPSA) is 44.7 Å². The van der Waals surface area contributed by atoms with Gasteiger partial charge >= 0.3 is 0 Å². The number of carbonyl (C=O) groups excluding carboxylic acids is 1. The van der Waals surface area contributed by atoms with Crippen LogP contribution < -0.4 is 10.3 Å². The van der Waals surface area contributed by atoms with Crippen LogP contribution in [0.15, 0.2) is 108 Å². The Hall–Kier alpha value is -4.44. The van der Waals surface area contributed by atoms with E-state index in [2.05, 4.69) is 70.0 Å². The van der Waals surface area contributed by atoms with Gasteiger partial charge in [0.2, 0.25) is 0 Å². The largest absolute Gasteiger partial charge is 0.363 e. The van der Waals surface area contributed by atoms with E-state index in [0.29, 0.717) is 5.56 Å². The van der Waals surface area contributed by atoms with Crippen molar-refractivity contribution < 1.29 is 4.79 Å². The second-order valence-corrected chi connectivity index (χ2v) is 8.61. The zero-order chi connectivity index (χ0) is 22.9. The van der Waals surface area contributed by atoms with E-state index in [1.165, 1.54) is 11.1 Å². The van der Waals surface area contributed by atoms with Crippen molar-refractivity contribution in [2.45, 2.75) is 13.1 Å². The number of anilines is 1. The summed E-state index contributed by atoms with van der Waals surface area (Å²) in [6.45, 7) is 1.71. The first kappa shape index (κ1) is 20.2. The standard InChI is InChI=1S/C30H23N3O/c34-30(23-12-7-13-26(17-23)33-19-24-10-1-2-11-25(24)20-33)32-31-18-29-27-14-5-3-8-21(27)16-22-9-4-6-15-28(22)29/h1-18H,19-20H2,(H,32,34)/b31-18-. The molecule has 1 aliphatic heterocycles. The number of fused-ring (bicyclic) bond motifs is 3. The molecule has 1 aliphatic rings. The number of amides is 1. The molecule has 1 amide bonds. The summed E-state index contributed by atoms with van der Waals surface area (Å²) in [6.07, 6.45) is 1.75. The summed E-state index contributed by atoms with van der Waals surface area (Å²) in [5.41, 5.74) is 8.02. The van der Waals surface area contributed by atoms with Gasteiger partial charge in [0.1, 0.15) is 0 Å². The van der Waals surface area contributed by atoms with E-state index in [0.717, 1.165) is 45.9 Å². The second kappa shape index (κ2) is 8.49. The van der Waals surface area contributed by atoms with Gasteiger partial charge in [0.05, 0.1) is 6.21 Å². The number of rotatable bonds is 4. The summed E-state index contributed by atoms with van der Waals surface area (Å²) in [7, 11) is 0. The predicted octanol–water partition coefficient (Wildman–Crippen LogP) is 6.28. The van der Waals surface area contributed by atoms with Gasteiger partial charge in [-0.05, 0) is 56.9 Å². The lowest BCUT2D eigenvalue weighted by Gasteiger charge is -2.18. The lowest BCUT2D eigenvalue weighted by molar-refractivity contribution is 0.0955. The molecule has 1 heterocycles. The molecule has 0 atom stereocenters. The molecule has 5 aromatic rings. The minimum atomic E-state index is -0.223. The van der Waals surface area contributed by atoms with Crippen molar-refractivity contribution >= 4 is 39.4 Å². The quantitative estimate of drug-likeness (QED) is 0.203. The molecule has 1 N–H and O–H groups in total. The van der Waals surface area contributed by atoms with Gasteiger partial charge in [-0.15, -0.1) is 0 Å². The molecule has 0 bridgehead atoms. The molecule has 0 aromatic heterocycles. The molecule has 34 heavy (non-hydrogen) atoms. The summed E-state index contributed by atoms with van der Waals surface area (Å²) in [5, 5.41) is 8.85. The molecule has 4 heteroatoms. The maximum atomic E-state index is 12.9. The number of hydrogen-bond acceptors (Lipinski definition) is 3. The van der Waals surface area contributed by atoms with Crippen molar-refractivity contribution in [3.63, 3.8) is 0 Å². The van der Waals surface area contributed by atoms with Crippen LogP contribution in [0.4, 0.5) is 5.69 Å². The summed E-state index contributed by atoms with van der Waals surface area (Å²) in [6, 6.07) is 34.9. The Balaban J connectivity index is 1.24.